The molecule has 0 radical (unpaired) electrons. The zero-order valence-electron chi connectivity index (χ0n) is 17.8. The molecule has 0 spiro atoms. The average Bonchev–Trinajstić information content (AvgIpc) is 2.77. The van der Waals surface area contributed by atoms with E-state index >= 15 is 0 Å². The predicted octanol–water partition coefficient (Wildman–Crippen LogP) is 2.14. The second-order valence-corrected chi connectivity index (χ2v) is 7.98. The van der Waals surface area contributed by atoms with Gasteiger partial charge in [0.1, 0.15) is 11.9 Å². The summed E-state index contributed by atoms with van der Waals surface area (Å²) in [6, 6.07) is 16.0. The minimum atomic E-state index is -0.759. The van der Waals surface area contributed by atoms with Crippen LogP contribution in [-0.2, 0) is 22.6 Å². The van der Waals surface area contributed by atoms with Crippen LogP contribution in [0, 0.1) is 5.92 Å². The lowest BCUT2D eigenvalue weighted by atomic mass is 9.97. The molecule has 7 heteroatoms. The number of anilines is 1. The van der Waals surface area contributed by atoms with Crippen molar-refractivity contribution < 1.29 is 9.59 Å². The van der Waals surface area contributed by atoms with Crippen LogP contribution in [0.3, 0.4) is 0 Å². The molecule has 162 valence electrons. The first-order valence-corrected chi connectivity index (χ1v) is 10.4. The molecule has 0 saturated heterocycles. The van der Waals surface area contributed by atoms with Crippen molar-refractivity contribution >= 4 is 28.4 Å². The third-order valence-corrected chi connectivity index (χ3v) is 5.27. The Bertz CT molecular complexity index is 1040. The maximum absolute atomic E-state index is 13.0. The first-order valence-electron chi connectivity index (χ1n) is 10.4. The third-order valence-electron chi connectivity index (χ3n) is 5.27. The van der Waals surface area contributed by atoms with E-state index in [0.717, 1.165) is 21.9 Å². The summed E-state index contributed by atoms with van der Waals surface area (Å²) in [5.74, 6) is -0.250. The molecule has 2 amide bonds. The summed E-state index contributed by atoms with van der Waals surface area (Å²) in [6.45, 7) is 4.03. The number of hydrogen-bond donors (Lipinski definition) is 4. The standard InChI is InChI=1S/C24H29N5O2/c1-15(2)22(26)24(31)29-20(23(30)28-14-16-10-11-21(25)27-13-16)12-18-8-5-7-17-6-3-4-9-19(17)18/h3-11,13,15,20,22H,12,14,26H2,1-2H3,(H2,25,27)(H,28,30)(H,29,31)/t20-,22+/m1/s1. The van der Waals surface area contributed by atoms with E-state index in [1.807, 2.05) is 56.3 Å². The normalized spacial score (nSPS) is 13.0. The van der Waals surface area contributed by atoms with E-state index in [2.05, 4.69) is 15.6 Å². The third kappa shape index (κ3) is 5.79. The number of hydrogen-bond acceptors (Lipinski definition) is 5. The molecule has 0 bridgehead atoms. The highest BCUT2D eigenvalue weighted by atomic mass is 16.2. The number of rotatable bonds is 8. The Kier molecular flexibility index (Phi) is 7.20. The first kappa shape index (κ1) is 22.2. The smallest absolute Gasteiger partial charge is 0.243 e. The predicted molar refractivity (Wildman–Crippen MR) is 123 cm³/mol. The van der Waals surface area contributed by atoms with Crippen molar-refractivity contribution in [2.24, 2.45) is 11.7 Å². The number of nitrogens with zero attached hydrogens (tertiary/aromatic N) is 1. The van der Waals surface area contributed by atoms with E-state index in [9.17, 15) is 9.59 Å². The molecule has 2 aromatic carbocycles. The van der Waals surface area contributed by atoms with Crippen molar-refractivity contribution in [2.75, 3.05) is 5.73 Å². The lowest BCUT2D eigenvalue weighted by Crippen LogP contribution is -2.53. The van der Waals surface area contributed by atoms with E-state index in [4.69, 9.17) is 11.5 Å². The Morgan fingerprint density at radius 2 is 1.74 bits per heavy atom. The van der Waals surface area contributed by atoms with Gasteiger partial charge < -0.3 is 22.1 Å². The highest BCUT2D eigenvalue weighted by molar-refractivity contribution is 5.91. The van der Waals surface area contributed by atoms with Crippen LogP contribution in [-0.4, -0.2) is 28.9 Å². The van der Waals surface area contributed by atoms with E-state index in [-0.39, 0.29) is 24.3 Å². The summed E-state index contributed by atoms with van der Waals surface area (Å²) in [6.07, 6.45) is 1.96. The molecule has 0 fully saturated rings. The maximum Gasteiger partial charge on any atom is 0.243 e. The molecule has 0 unspecified atom stereocenters. The van der Waals surface area contributed by atoms with Gasteiger partial charge in [-0.3, -0.25) is 9.59 Å². The van der Waals surface area contributed by atoms with Crippen LogP contribution in [0.5, 0.6) is 0 Å². The second-order valence-electron chi connectivity index (χ2n) is 7.98. The Balaban J connectivity index is 1.80. The number of aromatic nitrogens is 1. The van der Waals surface area contributed by atoms with Crippen LogP contribution in [0.4, 0.5) is 5.82 Å². The minimum Gasteiger partial charge on any atom is -0.384 e. The second kappa shape index (κ2) is 10.0. The summed E-state index contributed by atoms with van der Waals surface area (Å²) in [7, 11) is 0. The number of nitrogens with one attached hydrogen (secondary N) is 2. The van der Waals surface area contributed by atoms with Crippen molar-refractivity contribution in [3.05, 3.63) is 71.9 Å². The molecule has 0 aliphatic heterocycles. The van der Waals surface area contributed by atoms with E-state index in [1.54, 1.807) is 18.3 Å². The zero-order valence-corrected chi connectivity index (χ0v) is 17.8. The Labute approximate surface area is 182 Å². The van der Waals surface area contributed by atoms with Gasteiger partial charge in [0.25, 0.3) is 0 Å². The fourth-order valence-corrected chi connectivity index (χ4v) is 3.32. The van der Waals surface area contributed by atoms with Crippen molar-refractivity contribution in [3.63, 3.8) is 0 Å². The van der Waals surface area contributed by atoms with Crippen molar-refractivity contribution in [2.45, 2.75) is 38.9 Å². The van der Waals surface area contributed by atoms with Crippen molar-refractivity contribution in [3.8, 4) is 0 Å². The van der Waals surface area contributed by atoms with E-state index in [0.29, 0.717) is 12.2 Å². The molecular weight excluding hydrogens is 390 g/mol. The first-order chi connectivity index (χ1) is 14.8. The van der Waals surface area contributed by atoms with Crippen LogP contribution in [0.25, 0.3) is 10.8 Å². The van der Waals surface area contributed by atoms with Crippen LogP contribution >= 0.6 is 0 Å². The number of pyridine rings is 1. The fraction of sp³-hybridized carbons (Fsp3) is 0.292. The van der Waals surface area contributed by atoms with Crippen LogP contribution in [0.1, 0.15) is 25.0 Å². The lowest BCUT2D eigenvalue weighted by Gasteiger charge is -2.23. The largest absolute Gasteiger partial charge is 0.384 e. The van der Waals surface area contributed by atoms with Crippen molar-refractivity contribution in [1.29, 1.82) is 0 Å². The van der Waals surface area contributed by atoms with Gasteiger partial charge in [-0.15, -0.1) is 0 Å². The molecule has 6 N–H and O–H groups in total. The summed E-state index contributed by atoms with van der Waals surface area (Å²) in [5, 5.41) is 7.86. The van der Waals surface area contributed by atoms with Gasteiger partial charge in [0.2, 0.25) is 11.8 Å². The van der Waals surface area contributed by atoms with Gasteiger partial charge in [0, 0.05) is 19.2 Å². The van der Waals surface area contributed by atoms with E-state index in [1.165, 1.54) is 0 Å². The van der Waals surface area contributed by atoms with Gasteiger partial charge >= 0.3 is 0 Å². The Hall–Kier alpha value is -3.45. The Morgan fingerprint density at radius 3 is 2.45 bits per heavy atom. The minimum absolute atomic E-state index is 0.0397. The maximum atomic E-state index is 13.0. The molecule has 2 atom stereocenters. The van der Waals surface area contributed by atoms with Gasteiger partial charge in [-0.2, -0.15) is 0 Å². The molecule has 3 rings (SSSR count). The number of carbonyl (C=O) groups excluding carboxylic acids is 2. The number of carbonyl (C=O) groups is 2. The van der Waals surface area contributed by atoms with Crippen LogP contribution < -0.4 is 22.1 Å². The van der Waals surface area contributed by atoms with Crippen LogP contribution in [0.15, 0.2) is 60.8 Å². The number of fused-ring (bicyclic) bond motifs is 1. The molecule has 0 saturated carbocycles. The van der Waals surface area contributed by atoms with Gasteiger partial charge in [-0.25, -0.2) is 4.98 Å². The van der Waals surface area contributed by atoms with Gasteiger partial charge in [-0.1, -0.05) is 62.4 Å². The molecular formula is C24H29N5O2. The highest BCUT2D eigenvalue weighted by Gasteiger charge is 2.26. The van der Waals surface area contributed by atoms with Gasteiger partial charge in [0.05, 0.1) is 6.04 Å². The summed E-state index contributed by atoms with van der Waals surface area (Å²) >= 11 is 0. The monoisotopic (exact) mass is 419 g/mol. The van der Waals surface area contributed by atoms with Gasteiger partial charge in [-0.05, 0) is 33.9 Å². The SMILES string of the molecule is CC(C)[C@H](N)C(=O)N[C@H](Cc1cccc2ccccc12)C(=O)NCc1ccc(N)nc1. The molecule has 3 aromatic rings. The van der Waals surface area contributed by atoms with Crippen molar-refractivity contribution in [1.82, 2.24) is 15.6 Å². The molecule has 31 heavy (non-hydrogen) atoms. The van der Waals surface area contributed by atoms with Crippen LogP contribution in [0.2, 0.25) is 0 Å². The number of nitrogens with two attached hydrogens (primary N) is 2. The fourth-order valence-electron chi connectivity index (χ4n) is 3.32. The topological polar surface area (TPSA) is 123 Å². The summed E-state index contributed by atoms with van der Waals surface area (Å²) < 4.78 is 0. The average molecular weight is 420 g/mol. The zero-order chi connectivity index (χ0) is 22.4. The molecule has 1 aromatic heterocycles. The lowest BCUT2D eigenvalue weighted by molar-refractivity contribution is -0.130. The molecule has 0 aliphatic carbocycles. The van der Waals surface area contributed by atoms with E-state index < -0.39 is 12.1 Å². The summed E-state index contributed by atoms with van der Waals surface area (Å²) in [5.41, 5.74) is 13.4. The number of nitrogen functional groups attached to an aromatic ring is 1. The quantitative estimate of drug-likeness (QED) is 0.445. The molecule has 7 nitrogen and oxygen atoms in total. The summed E-state index contributed by atoms with van der Waals surface area (Å²) in [4.78, 5) is 29.7. The number of amides is 2. The molecule has 0 aliphatic rings. The highest BCUT2D eigenvalue weighted by Crippen LogP contribution is 2.20. The van der Waals surface area contributed by atoms with Gasteiger partial charge in [0.15, 0.2) is 0 Å². The molecule has 1 heterocycles. The number of benzene rings is 2. The Morgan fingerprint density at radius 1 is 1.00 bits per heavy atom.